The lowest BCUT2D eigenvalue weighted by Crippen LogP contribution is -2.37. The number of hydrogen-bond donors (Lipinski definition) is 2. The van der Waals surface area contributed by atoms with Gasteiger partial charge in [0, 0.05) is 37.6 Å². The number of carbonyl (C=O) groups excluding carboxylic acids is 1. The number of rotatable bonds is 5. The average Bonchev–Trinajstić information content (AvgIpc) is 3.31. The van der Waals surface area contributed by atoms with Gasteiger partial charge in [-0.2, -0.15) is 0 Å². The molecule has 0 bridgehead atoms. The minimum Gasteiger partial charge on any atom is -0.467 e. The standard InChI is InChI=1S/C17H22N4O3/c1-11-18-7-12(20-11)9-21-10-14(16-15(21)4-6-24-16)17(22)19-8-13-3-2-5-23-13/h2-3,5,7,14-16H,4,6,8-10H2,1H3,(H,18,20)(H,19,22)/t14-,15+,16+/m0/s1. The van der Waals surface area contributed by atoms with Crippen LogP contribution in [-0.4, -0.2) is 46.1 Å². The van der Waals surface area contributed by atoms with Crippen LogP contribution in [0.15, 0.2) is 29.0 Å². The highest BCUT2D eigenvalue weighted by molar-refractivity contribution is 5.80. The van der Waals surface area contributed by atoms with Gasteiger partial charge in [0.2, 0.25) is 5.91 Å². The van der Waals surface area contributed by atoms with E-state index in [0.29, 0.717) is 19.1 Å². The number of amides is 1. The van der Waals surface area contributed by atoms with Gasteiger partial charge in [0.15, 0.2) is 0 Å². The number of aromatic amines is 1. The first kappa shape index (κ1) is 15.4. The number of aryl methyl sites for hydroxylation is 1. The van der Waals surface area contributed by atoms with Crippen molar-refractivity contribution < 1.29 is 13.9 Å². The summed E-state index contributed by atoms with van der Waals surface area (Å²) in [7, 11) is 0. The van der Waals surface area contributed by atoms with Crippen LogP contribution < -0.4 is 5.32 Å². The topological polar surface area (TPSA) is 83.4 Å². The fraction of sp³-hybridized carbons (Fsp3) is 0.529. The Morgan fingerprint density at radius 3 is 3.21 bits per heavy atom. The molecular formula is C17H22N4O3. The molecule has 0 radical (unpaired) electrons. The Morgan fingerprint density at radius 2 is 2.46 bits per heavy atom. The summed E-state index contributed by atoms with van der Waals surface area (Å²) in [6.07, 6.45) is 4.43. The van der Waals surface area contributed by atoms with Gasteiger partial charge < -0.3 is 19.5 Å². The lowest BCUT2D eigenvalue weighted by molar-refractivity contribution is -0.127. The van der Waals surface area contributed by atoms with Gasteiger partial charge in [0.25, 0.3) is 0 Å². The smallest absolute Gasteiger partial charge is 0.227 e. The molecule has 0 aliphatic carbocycles. The fourth-order valence-electron chi connectivity index (χ4n) is 3.77. The van der Waals surface area contributed by atoms with Crippen LogP contribution in [-0.2, 0) is 22.6 Å². The van der Waals surface area contributed by atoms with E-state index in [2.05, 4.69) is 20.2 Å². The first-order valence-corrected chi connectivity index (χ1v) is 8.37. The summed E-state index contributed by atoms with van der Waals surface area (Å²) in [5.74, 6) is 1.56. The predicted molar refractivity (Wildman–Crippen MR) is 85.9 cm³/mol. The number of likely N-dealkylation sites (tertiary alicyclic amines) is 1. The van der Waals surface area contributed by atoms with Crippen molar-refractivity contribution in [3.63, 3.8) is 0 Å². The van der Waals surface area contributed by atoms with Gasteiger partial charge >= 0.3 is 0 Å². The fourth-order valence-corrected chi connectivity index (χ4v) is 3.77. The number of hydrogen-bond acceptors (Lipinski definition) is 5. The molecular weight excluding hydrogens is 308 g/mol. The Kier molecular flexibility index (Phi) is 4.12. The van der Waals surface area contributed by atoms with Crippen LogP contribution >= 0.6 is 0 Å². The van der Waals surface area contributed by atoms with Gasteiger partial charge in [-0.15, -0.1) is 0 Å². The van der Waals surface area contributed by atoms with Crippen molar-refractivity contribution in [2.24, 2.45) is 5.92 Å². The second kappa shape index (κ2) is 6.41. The summed E-state index contributed by atoms with van der Waals surface area (Å²) in [5, 5.41) is 2.97. The average molecular weight is 330 g/mol. The highest BCUT2D eigenvalue weighted by Gasteiger charge is 2.48. The molecule has 0 spiro atoms. The van der Waals surface area contributed by atoms with Gasteiger partial charge in [0.05, 0.1) is 24.8 Å². The van der Waals surface area contributed by atoms with Crippen LogP contribution in [0.5, 0.6) is 0 Å². The molecule has 1 amide bonds. The van der Waals surface area contributed by atoms with E-state index >= 15 is 0 Å². The Balaban J connectivity index is 1.41. The molecule has 3 atom stereocenters. The SMILES string of the molecule is Cc1ncc(CN2C[C@H](C(=O)NCc3ccco3)[C@H]3OCC[C@H]32)[nH]1. The molecule has 128 valence electrons. The van der Waals surface area contributed by atoms with Gasteiger partial charge in [-0.3, -0.25) is 9.69 Å². The number of imidazole rings is 1. The maximum atomic E-state index is 12.6. The highest BCUT2D eigenvalue weighted by atomic mass is 16.5. The largest absolute Gasteiger partial charge is 0.467 e. The van der Waals surface area contributed by atoms with Crippen molar-refractivity contribution in [3.8, 4) is 0 Å². The lowest BCUT2D eigenvalue weighted by Gasteiger charge is -2.21. The maximum Gasteiger partial charge on any atom is 0.227 e. The molecule has 2 aliphatic rings. The van der Waals surface area contributed by atoms with Crippen molar-refractivity contribution in [2.45, 2.75) is 38.6 Å². The number of H-pyrrole nitrogens is 1. The van der Waals surface area contributed by atoms with Gasteiger partial charge in [-0.25, -0.2) is 4.98 Å². The summed E-state index contributed by atoms with van der Waals surface area (Å²) >= 11 is 0. The molecule has 2 saturated heterocycles. The predicted octanol–water partition coefficient (Wildman–Crippen LogP) is 1.22. The second-order valence-electron chi connectivity index (χ2n) is 6.52. The second-order valence-corrected chi connectivity index (χ2v) is 6.52. The maximum absolute atomic E-state index is 12.6. The monoisotopic (exact) mass is 330 g/mol. The van der Waals surface area contributed by atoms with Gasteiger partial charge in [-0.05, 0) is 25.5 Å². The lowest BCUT2D eigenvalue weighted by atomic mass is 10.0. The quantitative estimate of drug-likeness (QED) is 0.861. The number of fused-ring (bicyclic) bond motifs is 1. The molecule has 0 saturated carbocycles. The summed E-state index contributed by atoms with van der Waals surface area (Å²) in [6, 6.07) is 3.98. The van der Waals surface area contributed by atoms with Crippen LogP contribution in [0.2, 0.25) is 0 Å². The zero-order chi connectivity index (χ0) is 16.5. The number of nitrogens with one attached hydrogen (secondary N) is 2. The van der Waals surface area contributed by atoms with Gasteiger partial charge in [-0.1, -0.05) is 0 Å². The van der Waals surface area contributed by atoms with Crippen LogP contribution in [0, 0.1) is 12.8 Å². The van der Waals surface area contributed by atoms with E-state index in [4.69, 9.17) is 9.15 Å². The zero-order valence-corrected chi connectivity index (χ0v) is 13.7. The van der Waals surface area contributed by atoms with Crippen molar-refractivity contribution >= 4 is 5.91 Å². The molecule has 2 aromatic rings. The van der Waals surface area contributed by atoms with Crippen LogP contribution in [0.3, 0.4) is 0 Å². The first-order chi connectivity index (χ1) is 11.7. The van der Waals surface area contributed by atoms with Crippen molar-refractivity contribution in [1.82, 2.24) is 20.2 Å². The molecule has 2 N–H and O–H groups in total. The third-order valence-corrected chi connectivity index (χ3v) is 4.88. The Morgan fingerprint density at radius 1 is 1.54 bits per heavy atom. The van der Waals surface area contributed by atoms with Crippen LogP contribution in [0.25, 0.3) is 0 Å². The number of nitrogens with zero attached hydrogens (tertiary/aromatic N) is 2. The third kappa shape index (κ3) is 2.97. The van der Waals surface area contributed by atoms with E-state index in [9.17, 15) is 4.79 Å². The molecule has 24 heavy (non-hydrogen) atoms. The van der Waals surface area contributed by atoms with E-state index < -0.39 is 0 Å². The number of aromatic nitrogens is 2. The Bertz CT molecular complexity index is 697. The summed E-state index contributed by atoms with van der Waals surface area (Å²) in [4.78, 5) is 22.5. The van der Waals surface area contributed by atoms with Crippen LogP contribution in [0.1, 0.15) is 23.7 Å². The van der Waals surface area contributed by atoms with E-state index in [-0.39, 0.29) is 17.9 Å². The molecule has 4 rings (SSSR count). The molecule has 0 unspecified atom stereocenters. The van der Waals surface area contributed by atoms with Crippen LogP contribution in [0.4, 0.5) is 0 Å². The van der Waals surface area contributed by atoms with E-state index in [0.717, 1.165) is 36.9 Å². The molecule has 2 fully saturated rings. The van der Waals surface area contributed by atoms with Crippen molar-refractivity contribution in [2.75, 3.05) is 13.2 Å². The molecule has 0 aromatic carbocycles. The number of carbonyl (C=O) groups is 1. The van der Waals surface area contributed by atoms with E-state index in [1.807, 2.05) is 25.3 Å². The van der Waals surface area contributed by atoms with E-state index in [1.165, 1.54) is 0 Å². The Hall–Kier alpha value is -2.12. The molecule has 2 aromatic heterocycles. The summed E-state index contributed by atoms with van der Waals surface area (Å²) in [5.41, 5.74) is 1.08. The summed E-state index contributed by atoms with van der Waals surface area (Å²) in [6.45, 7) is 4.56. The summed E-state index contributed by atoms with van der Waals surface area (Å²) < 4.78 is 11.1. The van der Waals surface area contributed by atoms with Gasteiger partial charge in [0.1, 0.15) is 11.6 Å². The van der Waals surface area contributed by atoms with E-state index in [1.54, 1.807) is 6.26 Å². The number of ether oxygens (including phenoxy) is 1. The molecule has 4 heterocycles. The van der Waals surface area contributed by atoms with Crippen molar-refractivity contribution in [1.29, 1.82) is 0 Å². The first-order valence-electron chi connectivity index (χ1n) is 8.37. The molecule has 7 heteroatoms. The highest BCUT2D eigenvalue weighted by Crippen LogP contribution is 2.34. The zero-order valence-electron chi connectivity index (χ0n) is 13.7. The number of furan rings is 1. The third-order valence-electron chi connectivity index (χ3n) is 4.88. The minimum absolute atomic E-state index is 0.0226. The normalized spacial score (nSPS) is 26.6. The molecule has 7 nitrogen and oxygen atoms in total. The molecule has 2 aliphatic heterocycles. The van der Waals surface area contributed by atoms with Crippen molar-refractivity contribution in [3.05, 3.63) is 41.9 Å². The Labute approximate surface area is 140 Å². The minimum atomic E-state index is -0.142.